The van der Waals surface area contributed by atoms with Crippen molar-refractivity contribution >= 4 is 23.3 Å². The number of carboxylic acid groups (broad SMARTS) is 1. The van der Waals surface area contributed by atoms with Crippen LogP contribution in [0.5, 0.6) is 0 Å². The lowest BCUT2D eigenvalue weighted by Crippen LogP contribution is -2.25. The lowest BCUT2D eigenvalue weighted by Gasteiger charge is -2.12. The fourth-order valence-corrected chi connectivity index (χ4v) is 1.25. The maximum absolute atomic E-state index is 11.2. The van der Waals surface area contributed by atoms with Crippen LogP contribution in [0.25, 0.3) is 0 Å². The summed E-state index contributed by atoms with van der Waals surface area (Å²) in [5.74, 6) is -0.999. The largest absolute Gasteiger partial charge is 0.480 e. The molecule has 1 aromatic rings. The lowest BCUT2D eigenvalue weighted by molar-refractivity contribution is -0.137. The maximum atomic E-state index is 11.2. The second-order valence-electron chi connectivity index (χ2n) is 3.69. The Morgan fingerprint density at radius 1 is 1.35 bits per heavy atom. The summed E-state index contributed by atoms with van der Waals surface area (Å²) in [5, 5.41) is 14.3. The Morgan fingerprint density at radius 2 is 2.00 bits per heavy atom. The van der Waals surface area contributed by atoms with Crippen LogP contribution in [0.4, 0.5) is 11.4 Å². The minimum absolute atomic E-state index is 0.0755. The zero-order chi connectivity index (χ0) is 12.8. The molecule has 0 aliphatic heterocycles. The summed E-state index contributed by atoms with van der Waals surface area (Å²) in [6, 6.07) is 6.28. The van der Waals surface area contributed by atoms with Crippen LogP contribution in [0.2, 0.25) is 0 Å². The highest BCUT2D eigenvalue weighted by molar-refractivity contribution is 5.91. The first kappa shape index (κ1) is 13.0. The van der Waals surface area contributed by atoms with E-state index in [0.717, 1.165) is 0 Å². The Morgan fingerprint density at radius 3 is 2.59 bits per heavy atom. The fourth-order valence-electron chi connectivity index (χ4n) is 1.25. The summed E-state index contributed by atoms with van der Waals surface area (Å²) in [6.45, 7) is 3.32. The van der Waals surface area contributed by atoms with E-state index in [1.165, 1.54) is 0 Å². The van der Waals surface area contributed by atoms with Crippen LogP contribution >= 0.6 is 0 Å². The second-order valence-corrected chi connectivity index (χ2v) is 3.69. The normalized spacial score (nSPS) is 11.6. The van der Waals surface area contributed by atoms with E-state index in [0.29, 0.717) is 17.8 Å². The fraction of sp³-hybridized carbons (Fsp3) is 0.333. The first-order chi connectivity index (χ1) is 8.02. The molecule has 0 heterocycles. The van der Waals surface area contributed by atoms with Crippen molar-refractivity contribution in [3.63, 3.8) is 0 Å². The van der Waals surface area contributed by atoms with Crippen molar-refractivity contribution in [3.8, 4) is 0 Å². The number of carbonyl (C=O) groups excluding carboxylic acids is 1. The van der Waals surface area contributed by atoms with E-state index in [9.17, 15) is 9.59 Å². The molecule has 0 bridgehead atoms. The van der Waals surface area contributed by atoms with Crippen LogP contribution in [0.15, 0.2) is 24.3 Å². The van der Waals surface area contributed by atoms with E-state index in [2.05, 4.69) is 10.6 Å². The first-order valence-corrected chi connectivity index (χ1v) is 5.42. The molecule has 0 saturated carbocycles. The first-order valence-electron chi connectivity index (χ1n) is 5.42. The van der Waals surface area contributed by atoms with Crippen molar-refractivity contribution in [2.24, 2.45) is 0 Å². The third-order valence-electron chi connectivity index (χ3n) is 2.22. The Hall–Kier alpha value is -2.04. The van der Waals surface area contributed by atoms with E-state index in [1.807, 2.05) is 0 Å². The predicted molar refractivity (Wildman–Crippen MR) is 66.1 cm³/mol. The topological polar surface area (TPSA) is 78.4 Å². The van der Waals surface area contributed by atoms with Crippen molar-refractivity contribution in [2.75, 3.05) is 10.6 Å². The standard InChI is InChI=1S/C12H16N2O3/c1-3-11(15)14-10-6-4-5-9(7-10)13-8(2)12(16)17/h4-8,13H,3H2,1-2H3,(H,14,15)(H,16,17). The van der Waals surface area contributed by atoms with Gasteiger partial charge in [-0.05, 0) is 25.1 Å². The zero-order valence-corrected chi connectivity index (χ0v) is 9.86. The SMILES string of the molecule is CCC(=O)Nc1cccc(NC(C)C(=O)O)c1. The highest BCUT2D eigenvalue weighted by atomic mass is 16.4. The van der Waals surface area contributed by atoms with Crippen LogP contribution in [-0.2, 0) is 9.59 Å². The van der Waals surface area contributed by atoms with Crippen molar-refractivity contribution in [2.45, 2.75) is 26.3 Å². The van der Waals surface area contributed by atoms with Gasteiger partial charge < -0.3 is 15.7 Å². The summed E-state index contributed by atoms with van der Waals surface area (Å²) in [6.07, 6.45) is 0.406. The molecular weight excluding hydrogens is 220 g/mol. The molecule has 1 aromatic carbocycles. The number of carboxylic acids is 1. The Labute approximate surface area is 99.8 Å². The van der Waals surface area contributed by atoms with Gasteiger partial charge in [-0.15, -0.1) is 0 Å². The minimum atomic E-state index is -0.923. The van der Waals surface area contributed by atoms with Gasteiger partial charge in [0.25, 0.3) is 0 Å². The molecule has 1 amide bonds. The summed E-state index contributed by atoms with van der Waals surface area (Å²) < 4.78 is 0. The number of nitrogens with one attached hydrogen (secondary N) is 2. The number of aliphatic carboxylic acids is 1. The van der Waals surface area contributed by atoms with Gasteiger partial charge in [0.15, 0.2) is 0 Å². The number of amides is 1. The van der Waals surface area contributed by atoms with Gasteiger partial charge in [0.2, 0.25) is 5.91 Å². The molecule has 1 rings (SSSR count). The van der Waals surface area contributed by atoms with Gasteiger partial charge in [0, 0.05) is 17.8 Å². The smallest absolute Gasteiger partial charge is 0.325 e. The summed E-state index contributed by atoms with van der Waals surface area (Å²) in [5.41, 5.74) is 1.31. The predicted octanol–water partition coefficient (Wildman–Crippen LogP) is 1.92. The van der Waals surface area contributed by atoms with Crippen LogP contribution in [0.1, 0.15) is 20.3 Å². The number of carbonyl (C=O) groups is 2. The van der Waals surface area contributed by atoms with Gasteiger partial charge in [-0.3, -0.25) is 9.59 Å². The van der Waals surface area contributed by atoms with Crippen LogP contribution in [0, 0.1) is 0 Å². The van der Waals surface area contributed by atoms with E-state index in [4.69, 9.17) is 5.11 Å². The maximum Gasteiger partial charge on any atom is 0.325 e. The second kappa shape index (κ2) is 5.89. The van der Waals surface area contributed by atoms with Crippen LogP contribution in [0.3, 0.4) is 0 Å². The van der Waals surface area contributed by atoms with Crippen molar-refractivity contribution < 1.29 is 14.7 Å². The number of anilines is 2. The molecule has 5 heteroatoms. The average Bonchev–Trinajstić information content (AvgIpc) is 2.29. The Kier molecular flexibility index (Phi) is 4.51. The van der Waals surface area contributed by atoms with Crippen LogP contribution in [-0.4, -0.2) is 23.0 Å². The van der Waals surface area contributed by atoms with Crippen molar-refractivity contribution in [1.82, 2.24) is 0 Å². The van der Waals surface area contributed by atoms with E-state index >= 15 is 0 Å². The van der Waals surface area contributed by atoms with Crippen molar-refractivity contribution in [3.05, 3.63) is 24.3 Å². The minimum Gasteiger partial charge on any atom is -0.480 e. The lowest BCUT2D eigenvalue weighted by atomic mass is 10.2. The van der Waals surface area contributed by atoms with Gasteiger partial charge in [0.1, 0.15) is 6.04 Å². The molecule has 5 nitrogen and oxygen atoms in total. The van der Waals surface area contributed by atoms with Gasteiger partial charge in [-0.2, -0.15) is 0 Å². The van der Waals surface area contributed by atoms with Gasteiger partial charge in [-0.1, -0.05) is 13.0 Å². The molecule has 0 aromatic heterocycles. The summed E-state index contributed by atoms with van der Waals surface area (Å²) in [4.78, 5) is 21.9. The molecule has 0 fully saturated rings. The van der Waals surface area contributed by atoms with E-state index < -0.39 is 12.0 Å². The Bertz CT molecular complexity index is 418. The number of rotatable bonds is 5. The highest BCUT2D eigenvalue weighted by Crippen LogP contribution is 2.16. The molecule has 1 unspecified atom stereocenters. The molecule has 0 aliphatic rings. The zero-order valence-electron chi connectivity index (χ0n) is 9.86. The van der Waals surface area contributed by atoms with Gasteiger partial charge >= 0.3 is 5.97 Å². The van der Waals surface area contributed by atoms with Gasteiger partial charge in [-0.25, -0.2) is 0 Å². The molecule has 0 radical (unpaired) electrons. The third-order valence-corrected chi connectivity index (χ3v) is 2.22. The highest BCUT2D eigenvalue weighted by Gasteiger charge is 2.10. The van der Waals surface area contributed by atoms with E-state index in [1.54, 1.807) is 38.1 Å². The number of hydrogen-bond acceptors (Lipinski definition) is 3. The van der Waals surface area contributed by atoms with Crippen molar-refractivity contribution in [1.29, 1.82) is 0 Å². The molecule has 17 heavy (non-hydrogen) atoms. The molecular formula is C12H16N2O3. The summed E-state index contributed by atoms with van der Waals surface area (Å²) in [7, 11) is 0. The molecule has 1 atom stereocenters. The monoisotopic (exact) mass is 236 g/mol. The molecule has 0 saturated heterocycles. The van der Waals surface area contributed by atoms with E-state index in [-0.39, 0.29) is 5.91 Å². The van der Waals surface area contributed by atoms with Gasteiger partial charge in [0.05, 0.1) is 0 Å². The quantitative estimate of drug-likeness (QED) is 0.729. The third kappa shape index (κ3) is 4.14. The number of hydrogen-bond donors (Lipinski definition) is 3. The number of benzene rings is 1. The molecule has 3 N–H and O–H groups in total. The Balaban J connectivity index is 2.72. The molecule has 92 valence electrons. The molecule has 0 aliphatic carbocycles. The molecule has 0 spiro atoms. The summed E-state index contributed by atoms with van der Waals surface area (Å²) >= 11 is 0. The average molecular weight is 236 g/mol. The van der Waals surface area contributed by atoms with Crippen LogP contribution < -0.4 is 10.6 Å².